The summed E-state index contributed by atoms with van der Waals surface area (Å²) in [4.78, 5) is 12.4. The summed E-state index contributed by atoms with van der Waals surface area (Å²) >= 11 is 13.2. The van der Waals surface area contributed by atoms with Crippen molar-refractivity contribution in [2.75, 3.05) is 22.4 Å². The first kappa shape index (κ1) is 20.5. The highest BCUT2D eigenvalue weighted by atomic mass is 35.5. The van der Waals surface area contributed by atoms with Gasteiger partial charge in [-0.25, -0.2) is 8.42 Å². The zero-order chi connectivity index (χ0) is 20.3. The molecule has 0 unspecified atom stereocenters. The van der Waals surface area contributed by atoms with E-state index in [9.17, 15) is 13.2 Å². The third-order valence-corrected chi connectivity index (χ3v) is 6.13. The predicted molar refractivity (Wildman–Crippen MR) is 113 cm³/mol. The summed E-state index contributed by atoms with van der Waals surface area (Å²) in [6.07, 6.45) is 0.982. The van der Waals surface area contributed by atoms with Crippen LogP contribution >= 0.6 is 34.5 Å². The smallest absolute Gasteiger partial charge is 0.246 e. The molecule has 0 aliphatic heterocycles. The fourth-order valence-corrected chi connectivity index (χ4v) is 4.38. The number of sulfonamides is 1. The van der Waals surface area contributed by atoms with Crippen molar-refractivity contribution in [3.05, 3.63) is 58.6 Å². The first-order valence-corrected chi connectivity index (χ1v) is 11.3. The predicted octanol–water partition coefficient (Wildman–Crippen LogP) is 3.92. The van der Waals surface area contributed by atoms with Gasteiger partial charge in [-0.15, -0.1) is 10.2 Å². The van der Waals surface area contributed by atoms with Gasteiger partial charge in [0.25, 0.3) is 0 Å². The summed E-state index contributed by atoms with van der Waals surface area (Å²) in [6, 6.07) is 13.7. The summed E-state index contributed by atoms with van der Waals surface area (Å²) in [5.74, 6) is -0.586. The molecule has 0 aliphatic carbocycles. The molecular weight excluding hydrogens is 443 g/mol. The lowest BCUT2D eigenvalue weighted by molar-refractivity contribution is -0.114. The minimum atomic E-state index is -3.79. The van der Waals surface area contributed by atoms with Gasteiger partial charge in [0.1, 0.15) is 11.6 Å². The molecule has 0 atom stereocenters. The van der Waals surface area contributed by atoms with Crippen LogP contribution in [-0.4, -0.2) is 37.3 Å². The topological polar surface area (TPSA) is 92.3 Å². The third kappa shape index (κ3) is 4.99. The van der Waals surface area contributed by atoms with Crippen molar-refractivity contribution in [3.63, 3.8) is 0 Å². The van der Waals surface area contributed by atoms with E-state index >= 15 is 0 Å². The Kier molecular flexibility index (Phi) is 6.19. The number of anilines is 2. The van der Waals surface area contributed by atoms with Gasteiger partial charge in [-0.05, 0) is 18.2 Å². The Morgan fingerprint density at radius 2 is 1.86 bits per heavy atom. The second-order valence-electron chi connectivity index (χ2n) is 5.69. The Hall–Kier alpha value is -2.20. The van der Waals surface area contributed by atoms with Crippen molar-refractivity contribution in [2.24, 2.45) is 0 Å². The van der Waals surface area contributed by atoms with Crippen LogP contribution in [0.2, 0.25) is 10.0 Å². The van der Waals surface area contributed by atoms with Crippen LogP contribution in [0.25, 0.3) is 10.6 Å². The molecule has 0 fully saturated rings. The van der Waals surface area contributed by atoms with E-state index in [1.165, 1.54) is 29.5 Å². The number of nitrogens with one attached hydrogen (secondary N) is 1. The highest BCUT2D eigenvalue weighted by Gasteiger charge is 2.24. The molecule has 3 rings (SSSR count). The summed E-state index contributed by atoms with van der Waals surface area (Å²) in [5, 5.41) is 11.9. The standard InChI is InChI=1S/C17H14Cl2N4O3S2/c1-28(25,26)23(14-9-12(18)7-8-13(14)19)10-15(24)20-17-22-21-16(27-17)11-5-3-2-4-6-11/h2-9H,10H2,1H3,(H,20,22,24). The fourth-order valence-electron chi connectivity index (χ4n) is 2.32. The van der Waals surface area contributed by atoms with Gasteiger partial charge >= 0.3 is 0 Å². The quantitative estimate of drug-likeness (QED) is 0.606. The van der Waals surface area contributed by atoms with E-state index in [1.54, 1.807) is 0 Å². The van der Waals surface area contributed by atoms with E-state index in [4.69, 9.17) is 23.2 Å². The van der Waals surface area contributed by atoms with Crippen LogP contribution in [0.5, 0.6) is 0 Å². The average molecular weight is 457 g/mol. The zero-order valence-corrected chi connectivity index (χ0v) is 17.6. The number of hydrogen-bond donors (Lipinski definition) is 1. The Morgan fingerprint density at radius 3 is 2.54 bits per heavy atom. The molecule has 1 amide bonds. The van der Waals surface area contributed by atoms with Crippen LogP contribution in [0.1, 0.15) is 0 Å². The summed E-state index contributed by atoms with van der Waals surface area (Å²) in [5.41, 5.74) is 0.984. The molecule has 0 spiro atoms. The number of nitrogens with zero attached hydrogens (tertiary/aromatic N) is 3. The van der Waals surface area contributed by atoms with Gasteiger partial charge in [-0.1, -0.05) is 64.9 Å². The molecular formula is C17H14Cl2N4O3S2. The minimum absolute atomic E-state index is 0.119. The highest BCUT2D eigenvalue weighted by molar-refractivity contribution is 7.92. The number of benzene rings is 2. The number of aromatic nitrogens is 2. The van der Waals surface area contributed by atoms with E-state index in [-0.39, 0.29) is 15.8 Å². The van der Waals surface area contributed by atoms with E-state index in [0.717, 1.165) is 16.1 Å². The van der Waals surface area contributed by atoms with Crippen LogP contribution in [0, 0.1) is 0 Å². The van der Waals surface area contributed by atoms with Gasteiger partial charge in [-0.2, -0.15) is 0 Å². The van der Waals surface area contributed by atoms with Gasteiger partial charge in [0, 0.05) is 10.6 Å². The van der Waals surface area contributed by atoms with Crippen LogP contribution in [0.4, 0.5) is 10.8 Å². The molecule has 3 aromatic rings. The highest BCUT2D eigenvalue weighted by Crippen LogP contribution is 2.31. The van der Waals surface area contributed by atoms with E-state index in [1.807, 2.05) is 30.3 Å². The summed E-state index contributed by atoms with van der Waals surface area (Å²) in [7, 11) is -3.79. The molecule has 0 saturated carbocycles. The second kappa shape index (κ2) is 8.44. The van der Waals surface area contributed by atoms with Crippen molar-refractivity contribution in [2.45, 2.75) is 0 Å². The van der Waals surface area contributed by atoms with Gasteiger partial charge in [-0.3, -0.25) is 14.4 Å². The third-order valence-electron chi connectivity index (χ3n) is 3.56. The van der Waals surface area contributed by atoms with Gasteiger partial charge in [0.2, 0.25) is 21.1 Å². The van der Waals surface area contributed by atoms with Crippen molar-refractivity contribution in [1.82, 2.24) is 10.2 Å². The largest absolute Gasteiger partial charge is 0.299 e. The monoisotopic (exact) mass is 456 g/mol. The van der Waals surface area contributed by atoms with Crippen molar-refractivity contribution in [1.29, 1.82) is 0 Å². The Morgan fingerprint density at radius 1 is 1.14 bits per heavy atom. The van der Waals surface area contributed by atoms with Crippen LogP contribution < -0.4 is 9.62 Å². The minimum Gasteiger partial charge on any atom is -0.299 e. The number of hydrogen-bond acceptors (Lipinski definition) is 6. The van der Waals surface area contributed by atoms with Crippen molar-refractivity contribution < 1.29 is 13.2 Å². The number of amides is 1. The Balaban J connectivity index is 1.78. The molecule has 1 N–H and O–H groups in total. The van der Waals surface area contributed by atoms with Crippen molar-refractivity contribution in [3.8, 4) is 10.6 Å². The summed E-state index contributed by atoms with van der Waals surface area (Å²) in [6.45, 7) is -0.487. The first-order valence-electron chi connectivity index (χ1n) is 7.85. The maximum absolute atomic E-state index is 12.4. The number of carbonyl (C=O) groups excluding carboxylic acids is 1. The molecule has 0 saturated heterocycles. The van der Waals surface area contributed by atoms with Crippen molar-refractivity contribution >= 4 is 61.3 Å². The van der Waals surface area contributed by atoms with E-state index in [0.29, 0.717) is 10.0 Å². The van der Waals surface area contributed by atoms with Crippen LogP contribution in [-0.2, 0) is 14.8 Å². The average Bonchev–Trinajstić information content (AvgIpc) is 3.10. The molecule has 0 bridgehead atoms. The summed E-state index contributed by atoms with van der Waals surface area (Å²) < 4.78 is 25.3. The number of carbonyl (C=O) groups is 1. The molecule has 11 heteroatoms. The van der Waals surface area contributed by atoms with Crippen LogP contribution in [0.15, 0.2) is 48.5 Å². The molecule has 146 valence electrons. The molecule has 1 heterocycles. The molecule has 1 aromatic heterocycles. The second-order valence-corrected chi connectivity index (χ2v) is 9.42. The molecule has 0 radical (unpaired) electrons. The fraction of sp³-hybridized carbons (Fsp3) is 0.118. The number of halogens is 2. The zero-order valence-electron chi connectivity index (χ0n) is 14.5. The molecule has 2 aromatic carbocycles. The Labute approximate surface area is 176 Å². The van der Waals surface area contributed by atoms with E-state index in [2.05, 4.69) is 15.5 Å². The Bertz CT molecular complexity index is 1100. The lowest BCUT2D eigenvalue weighted by atomic mass is 10.2. The molecule has 7 nitrogen and oxygen atoms in total. The van der Waals surface area contributed by atoms with E-state index < -0.39 is 22.5 Å². The van der Waals surface area contributed by atoms with Crippen LogP contribution in [0.3, 0.4) is 0 Å². The molecule has 28 heavy (non-hydrogen) atoms. The number of rotatable bonds is 6. The van der Waals surface area contributed by atoms with Gasteiger partial charge in [0.15, 0.2) is 0 Å². The first-order chi connectivity index (χ1) is 13.2. The van der Waals surface area contributed by atoms with Gasteiger partial charge < -0.3 is 0 Å². The lowest BCUT2D eigenvalue weighted by Gasteiger charge is -2.22. The SMILES string of the molecule is CS(=O)(=O)N(CC(=O)Nc1nnc(-c2ccccc2)s1)c1cc(Cl)ccc1Cl. The van der Waals surface area contributed by atoms with Gasteiger partial charge in [0.05, 0.1) is 17.0 Å². The maximum Gasteiger partial charge on any atom is 0.246 e. The normalized spacial score (nSPS) is 11.2. The maximum atomic E-state index is 12.4. The lowest BCUT2D eigenvalue weighted by Crippen LogP contribution is -2.37. The molecule has 0 aliphatic rings.